The van der Waals surface area contributed by atoms with E-state index < -0.39 is 11.8 Å². The van der Waals surface area contributed by atoms with Crippen molar-refractivity contribution >= 4 is 18.0 Å². The van der Waals surface area contributed by atoms with Gasteiger partial charge in [0.15, 0.2) is 11.5 Å². The molecule has 26 heavy (non-hydrogen) atoms. The average Bonchev–Trinajstić information content (AvgIpc) is 2.68. The summed E-state index contributed by atoms with van der Waals surface area (Å²) in [4.78, 5) is 23.8. The molecular formula is C19H21N3O4. The number of hydrogen-bond acceptors (Lipinski definition) is 5. The molecule has 0 saturated carbocycles. The summed E-state index contributed by atoms with van der Waals surface area (Å²) in [5, 5.41) is 6.41. The monoisotopic (exact) mass is 355 g/mol. The van der Waals surface area contributed by atoms with Gasteiger partial charge in [0, 0.05) is 0 Å². The Morgan fingerprint density at radius 2 is 1.69 bits per heavy atom. The Bertz CT molecular complexity index is 791. The van der Waals surface area contributed by atoms with Crippen molar-refractivity contribution in [2.45, 2.75) is 13.0 Å². The number of ether oxygens (including phenoxy) is 2. The molecule has 0 unspecified atom stereocenters. The lowest BCUT2D eigenvalue weighted by Gasteiger charge is -2.13. The summed E-state index contributed by atoms with van der Waals surface area (Å²) in [6.07, 6.45) is 1.41. The maximum Gasteiger partial charge on any atom is 0.329 e. The van der Waals surface area contributed by atoms with Gasteiger partial charge in [0.2, 0.25) is 0 Å². The van der Waals surface area contributed by atoms with Crippen molar-refractivity contribution in [3.63, 3.8) is 0 Å². The molecule has 136 valence electrons. The third kappa shape index (κ3) is 5.07. The maximum atomic E-state index is 11.9. The smallest absolute Gasteiger partial charge is 0.329 e. The van der Waals surface area contributed by atoms with Crippen LogP contribution in [0.15, 0.2) is 53.6 Å². The van der Waals surface area contributed by atoms with Crippen molar-refractivity contribution < 1.29 is 19.1 Å². The van der Waals surface area contributed by atoms with Crippen molar-refractivity contribution in [1.82, 2.24) is 10.7 Å². The molecule has 0 aliphatic heterocycles. The summed E-state index contributed by atoms with van der Waals surface area (Å²) in [6.45, 7) is 1.80. The first kappa shape index (κ1) is 19.0. The molecule has 0 spiro atoms. The molecule has 2 N–H and O–H groups in total. The van der Waals surface area contributed by atoms with E-state index in [1.165, 1.54) is 13.3 Å². The van der Waals surface area contributed by atoms with Crippen LogP contribution in [-0.2, 0) is 9.59 Å². The minimum absolute atomic E-state index is 0.288. The minimum atomic E-state index is -0.843. The molecular weight excluding hydrogens is 334 g/mol. The van der Waals surface area contributed by atoms with E-state index in [-0.39, 0.29) is 6.04 Å². The summed E-state index contributed by atoms with van der Waals surface area (Å²) < 4.78 is 10.3. The second-order valence-electron chi connectivity index (χ2n) is 5.42. The molecule has 0 fully saturated rings. The van der Waals surface area contributed by atoms with E-state index >= 15 is 0 Å². The van der Waals surface area contributed by atoms with Crippen LogP contribution in [0.3, 0.4) is 0 Å². The zero-order valence-corrected chi connectivity index (χ0v) is 14.9. The largest absolute Gasteiger partial charge is 0.493 e. The van der Waals surface area contributed by atoms with Crippen LogP contribution in [0.5, 0.6) is 11.5 Å². The number of hydrogen-bond donors (Lipinski definition) is 2. The van der Waals surface area contributed by atoms with Gasteiger partial charge in [-0.25, -0.2) is 5.43 Å². The van der Waals surface area contributed by atoms with Gasteiger partial charge in [-0.05, 0) is 36.2 Å². The average molecular weight is 355 g/mol. The normalized spacial score (nSPS) is 11.7. The van der Waals surface area contributed by atoms with E-state index in [0.717, 1.165) is 5.56 Å². The highest BCUT2D eigenvalue weighted by Gasteiger charge is 2.16. The third-order valence-corrected chi connectivity index (χ3v) is 3.64. The number of nitrogens with one attached hydrogen (secondary N) is 2. The van der Waals surface area contributed by atoms with E-state index in [1.54, 1.807) is 32.2 Å². The highest BCUT2D eigenvalue weighted by atomic mass is 16.5. The van der Waals surface area contributed by atoms with Crippen LogP contribution in [0.4, 0.5) is 0 Å². The molecule has 0 bridgehead atoms. The summed E-state index contributed by atoms with van der Waals surface area (Å²) in [6, 6.07) is 14.2. The lowest BCUT2D eigenvalue weighted by atomic mass is 10.1. The Kier molecular flexibility index (Phi) is 6.73. The molecule has 7 heteroatoms. The second-order valence-corrected chi connectivity index (χ2v) is 5.42. The first-order chi connectivity index (χ1) is 12.5. The van der Waals surface area contributed by atoms with Crippen molar-refractivity contribution in [1.29, 1.82) is 0 Å². The molecule has 0 radical (unpaired) electrons. The second kappa shape index (κ2) is 9.22. The van der Waals surface area contributed by atoms with E-state index in [4.69, 9.17) is 9.47 Å². The maximum absolute atomic E-state index is 11.9. The van der Waals surface area contributed by atoms with Crippen LogP contribution in [0.25, 0.3) is 0 Å². The van der Waals surface area contributed by atoms with Crippen LogP contribution in [-0.4, -0.2) is 32.2 Å². The van der Waals surface area contributed by atoms with Gasteiger partial charge < -0.3 is 14.8 Å². The lowest BCUT2D eigenvalue weighted by Crippen LogP contribution is -2.39. The Morgan fingerprint density at radius 1 is 1.00 bits per heavy atom. The Hall–Kier alpha value is -3.35. The number of methoxy groups -OCH3 is 2. The summed E-state index contributed by atoms with van der Waals surface area (Å²) in [5.41, 5.74) is 3.79. The molecule has 0 aromatic heterocycles. The zero-order valence-electron chi connectivity index (χ0n) is 14.9. The molecule has 2 amide bonds. The van der Waals surface area contributed by atoms with Crippen LogP contribution in [0.1, 0.15) is 24.1 Å². The Labute approximate surface area is 152 Å². The predicted octanol–water partition coefficient (Wildman–Crippen LogP) is 2.03. The van der Waals surface area contributed by atoms with Crippen LogP contribution >= 0.6 is 0 Å². The first-order valence-electron chi connectivity index (χ1n) is 7.96. The van der Waals surface area contributed by atoms with E-state index in [0.29, 0.717) is 17.1 Å². The SMILES string of the molecule is COc1ccc(C=NNC(=O)C(=O)N[C@@H](C)c2ccccc2)cc1OC. The van der Waals surface area contributed by atoms with Crippen LogP contribution in [0.2, 0.25) is 0 Å². The van der Waals surface area contributed by atoms with Gasteiger partial charge >= 0.3 is 11.8 Å². The number of benzene rings is 2. The highest BCUT2D eigenvalue weighted by Crippen LogP contribution is 2.26. The molecule has 0 aliphatic carbocycles. The Morgan fingerprint density at radius 3 is 2.35 bits per heavy atom. The van der Waals surface area contributed by atoms with Gasteiger partial charge in [0.05, 0.1) is 26.5 Å². The van der Waals surface area contributed by atoms with Gasteiger partial charge in [-0.15, -0.1) is 0 Å². The number of rotatable bonds is 6. The lowest BCUT2D eigenvalue weighted by molar-refractivity contribution is -0.139. The molecule has 2 aromatic carbocycles. The van der Waals surface area contributed by atoms with Gasteiger partial charge in [-0.3, -0.25) is 9.59 Å². The fourth-order valence-electron chi connectivity index (χ4n) is 2.24. The minimum Gasteiger partial charge on any atom is -0.493 e. The van der Waals surface area contributed by atoms with Crippen molar-refractivity contribution in [2.75, 3.05) is 14.2 Å². The van der Waals surface area contributed by atoms with E-state index in [2.05, 4.69) is 15.8 Å². The quantitative estimate of drug-likeness (QED) is 0.471. The summed E-state index contributed by atoms with van der Waals surface area (Å²) in [5.74, 6) is -0.476. The molecule has 0 aliphatic rings. The van der Waals surface area contributed by atoms with Crippen molar-refractivity contribution in [2.24, 2.45) is 5.10 Å². The number of carbonyl (C=O) groups excluding carboxylic acids is 2. The van der Waals surface area contributed by atoms with Gasteiger partial charge in [-0.2, -0.15) is 5.10 Å². The highest BCUT2D eigenvalue weighted by molar-refractivity contribution is 6.35. The number of nitrogens with zero attached hydrogens (tertiary/aromatic N) is 1. The zero-order chi connectivity index (χ0) is 18.9. The molecule has 7 nitrogen and oxygen atoms in total. The van der Waals surface area contributed by atoms with Crippen molar-refractivity contribution in [3.05, 3.63) is 59.7 Å². The third-order valence-electron chi connectivity index (χ3n) is 3.64. The molecule has 2 rings (SSSR count). The molecule has 2 aromatic rings. The van der Waals surface area contributed by atoms with Gasteiger partial charge in [0.25, 0.3) is 0 Å². The number of hydrazone groups is 1. The van der Waals surface area contributed by atoms with Crippen LogP contribution in [0, 0.1) is 0 Å². The fourth-order valence-corrected chi connectivity index (χ4v) is 2.24. The fraction of sp³-hybridized carbons (Fsp3) is 0.211. The number of amides is 2. The van der Waals surface area contributed by atoms with Crippen LogP contribution < -0.4 is 20.2 Å². The standard InChI is InChI=1S/C19H21N3O4/c1-13(15-7-5-4-6-8-15)21-18(23)19(24)22-20-12-14-9-10-16(25-2)17(11-14)26-3/h4-13H,1-3H3,(H,21,23)(H,22,24)/t13-/m0/s1. The predicted molar refractivity (Wildman–Crippen MR) is 98.3 cm³/mol. The number of carbonyl (C=O) groups is 2. The van der Waals surface area contributed by atoms with E-state index in [1.807, 2.05) is 30.3 Å². The Balaban J connectivity index is 1.91. The summed E-state index contributed by atoms with van der Waals surface area (Å²) >= 11 is 0. The van der Waals surface area contributed by atoms with Gasteiger partial charge in [-0.1, -0.05) is 30.3 Å². The topological polar surface area (TPSA) is 89.0 Å². The molecule has 0 saturated heterocycles. The summed E-state index contributed by atoms with van der Waals surface area (Å²) in [7, 11) is 3.07. The van der Waals surface area contributed by atoms with Crippen molar-refractivity contribution in [3.8, 4) is 11.5 Å². The molecule has 0 heterocycles. The van der Waals surface area contributed by atoms with E-state index in [9.17, 15) is 9.59 Å². The first-order valence-corrected chi connectivity index (χ1v) is 7.96. The molecule has 1 atom stereocenters. The van der Waals surface area contributed by atoms with Gasteiger partial charge in [0.1, 0.15) is 0 Å².